The molecule has 6 heteroatoms. The summed E-state index contributed by atoms with van der Waals surface area (Å²) in [5.41, 5.74) is 8.08. The summed E-state index contributed by atoms with van der Waals surface area (Å²) in [6.07, 6.45) is 2.28. The van der Waals surface area contributed by atoms with Gasteiger partial charge in [0.15, 0.2) is 6.61 Å². The van der Waals surface area contributed by atoms with Crippen molar-refractivity contribution in [1.82, 2.24) is 10.1 Å². The van der Waals surface area contributed by atoms with E-state index in [1.54, 1.807) is 6.26 Å². The topological polar surface area (TPSA) is 87.3 Å². The van der Waals surface area contributed by atoms with Gasteiger partial charge in [-0.2, -0.15) is 4.98 Å². The fraction of sp³-hybridized carbons (Fsp3) is 0.158. The van der Waals surface area contributed by atoms with Gasteiger partial charge in [0, 0.05) is 17.4 Å². The Labute approximate surface area is 144 Å². The second-order valence-electron chi connectivity index (χ2n) is 5.72. The summed E-state index contributed by atoms with van der Waals surface area (Å²) in [6, 6.07) is 16.9. The van der Waals surface area contributed by atoms with Gasteiger partial charge in [0.2, 0.25) is 11.7 Å². The van der Waals surface area contributed by atoms with Gasteiger partial charge in [-0.05, 0) is 18.2 Å². The molecule has 126 valence electrons. The number of aromatic nitrogens is 2. The normalized spacial score (nSPS) is 12.4. The van der Waals surface area contributed by atoms with E-state index in [-0.39, 0.29) is 6.61 Å². The van der Waals surface area contributed by atoms with Crippen LogP contribution in [0, 0.1) is 0 Å². The molecule has 2 N–H and O–H groups in total. The van der Waals surface area contributed by atoms with Crippen LogP contribution < -0.4 is 10.5 Å². The molecule has 0 saturated carbocycles. The Bertz CT molecular complexity index is 962. The van der Waals surface area contributed by atoms with E-state index in [1.807, 2.05) is 54.6 Å². The largest absolute Gasteiger partial charge is 0.485 e. The van der Waals surface area contributed by atoms with Gasteiger partial charge in [-0.15, -0.1) is 0 Å². The van der Waals surface area contributed by atoms with Gasteiger partial charge in [0.25, 0.3) is 0 Å². The van der Waals surface area contributed by atoms with E-state index in [1.165, 1.54) is 0 Å². The average Bonchev–Trinajstić information content (AvgIpc) is 3.29. The van der Waals surface area contributed by atoms with Crippen LogP contribution in [0.2, 0.25) is 0 Å². The van der Waals surface area contributed by atoms with Crippen LogP contribution in [-0.2, 0) is 13.0 Å². The first kappa shape index (κ1) is 15.4. The zero-order valence-electron chi connectivity index (χ0n) is 13.5. The van der Waals surface area contributed by atoms with E-state index < -0.39 is 6.04 Å². The van der Waals surface area contributed by atoms with E-state index in [0.29, 0.717) is 18.1 Å². The molecule has 0 aliphatic carbocycles. The summed E-state index contributed by atoms with van der Waals surface area (Å²) < 4.78 is 16.4. The highest BCUT2D eigenvalue weighted by Gasteiger charge is 2.18. The summed E-state index contributed by atoms with van der Waals surface area (Å²) in [7, 11) is 0. The first-order chi connectivity index (χ1) is 12.3. The Kier molecular flexibility index (Phi) is 4.18. The number of hydrogen-bond acceptors (Lipinski definition) is 6. The Balaban J connectivity index is 1.42. The number of furan rings is 1. The van der Waals surface area contributed by atoms with Gasteiger partial charge < -0.3 is 19.4 Å². The first-order valence-corrected chi connectivity index (χ1v) is 8.00. The number of fused-ring (bicyclic) bond motifs is 1. The molecule has 0 aliphatic rings. The van der Waals surface area contributed by atoms with Crippen LogP contribution in [-0.4, -0.2) is 10.1 Å². The molecule has 2 aromatic carbocycles. The van der Waals surface area contributed by atoms with Gasteiger partial charge >= 0.3 is 0 Å². The lowest BCUT2D eigenvalue weighted by molar-refractivity contribution is 0.283. The number of nitrogens with zero attached hydrogens (tertiary/aromatic N) is 2. The smallest absolute Gasteiger partial charge is 0.244 e. The molecule has 0 radical (unpaired) electrons. The van der Waals surface area contributed by atoms with E-state index in [2.05, 4.69) is 10.1 Å². The summed E-state index contributed by atoms with van der Waals surface area (Å²) >= 11 is 0. The van der Waals surface area contributed by atoms with Crippen molar-refractivity contribution in [1.29, 1.82) is 0 Å². The Morgan fingerprint density at radius 3 is 2.72 bits per heavy atom. The number of rotatable bonds is 6. The Morgan fingerprint density at radius 2 is 1.84 bits per heavy atom. The monoisotopic (exact) mass is 335 g/mol. The van der Waals surface area contributed by atoms with Crippen molar-refractivity contribution in [3.05, 3.63) is 78.1 Å². The molecule has 0 amide bonds. The van der Waals surface area contributed by atoms with Crippen molar-refractivity contribution in [3.63, 3.8) is 0 Å². The SMILES string of the molecule is NC(Cc1coc2ccccc12)c1nc(COc2ccccc2)no1. The number of hydrogen-bond donors (Lipinski definition) is 1. The third-order valence-electron chi connectivity index (χ3n) is 3.91. The molecule has 2 heterocycles. The van der Waals surface area contributed by atoms with Crippen LogP contribution in [0.3, 0.4) is 0 Å². The minimum Gasteiger partial charge on any atom is -0.485 e. The number of nitrogens with two attached hydrogens (primary N) is 1. The van der Waals surface area contributed by atoms with Gasteiger partial charge in [0.1, 0.15) is 11.3 Å². The highest BCUT2D eigenvalue weighted by atomic mass is 16.5. The Hall–Kier alpha value is -3.12. The van der Waals surface area contributed by atoms with E-state index in [4.69, 9.17) is 19.4 Å². The third-order valence-corrected chi connectivity index (χ3v) is 3.91. The number of ether oxygens (including phenoxy) is 1. The van der Waals surface area contributed by atoms with Crippen LogP contribution in [0.5, 0.6) is 5.75 Å². The van der Waals surface area contributed by atoms with E-state index >= 15 is 0 Å². The van der Waals surface area contributed by atoms with Gasteiger partial charge in [-0.3, -0.25) is 0 Å². The van der Waals surface area contributed by atoms with Crippen molar-refractivity contribution in [3.8, 4) is 5.75 Å². The highest BCUT2D eigenvalue weighted by molar-refractivity contribution is 5.80. The molecule has 4 aromatic rings. The van der Waals surface area contributed by atoms with E-state index in [9.17, 15) is 0 Å². The average molecular weight is 335 g/mol. The summed E-state index contributed by atoms with van der Waals surface area (Å²) in [5, 5.41) is 4.98. The second-order valence-corrected chi connectivity index (χ2v) is 5.72. The summed E-state index contributed by atoms with van der Waals surface area (Å²) in [6.45, 7) is 0.231. The molecule has 2 aromatic heterocycles. The maximum Gasteiger partial charge on any atom is 0.244 e. The van der Waals surface area contributed by atoms with Crippen molar-refractivity contribution in [2.75, 3.05) is 0 Å². The molecule has 0 bridgehead atoms. The Morgan fingerprint density at radius 1 is 1.04 bits per heavy atom. The lowest BCUT2D eigenvalue weighted by Crippen LogP contribution is -2.13. The molecule has 0 fully saturated rings. The summed E-state index contributed by atoms with van der Waals surface area (Å²) in [4.78, 5) is 4.33. The predicted octanol–water partition coefficient (Wildman–Crippen LogP) is 3.64. The lowest BCUT2D eigenvalue weighted by atomic mass is 10.1. The highest BCUT2D eigenvalue weighted by Crippen LogP contribution is 2.24. The molecular formula is C19H17N3O3. The fourth-order valence-corrected chi connectivity index (χ4v) is 2.66. The van der Waals surface area contributed by atoms with Crippen molar-refractivity contribution in [2.45, 2.75) is 19.1 Å². The van der Waals surface area contributed by atoms with Crippen LogP contribution >= 0.6 is 0 Å². The quantitative estimate of drug-likeness (QED) is 0.579. The van der Waals surface area contributed by atoms with Crippen LogP contribution in [0.1, 0.15) is 23.3 Å². The van der Waals surface area contributed by atoms with Gasteiger partial charge in [-0.1, -0.05) is 41.6 Å². The van der Waals surface area contributed by atoms with Gasteiger partial charge in [-0.25, -0.2) is 0 Å². The predicted molar refractivity (Wildman–Crippen MR) is 91.9 cm³/mol. The number of para-hydroxylation sites is 2. The fourth-order valence-electron chi connectivity index (χ4n) is 2.66. The molecule has 25 heavy (non-hydrogen) atoms. The van der Waals surface area contributed by atoms with E-state index in [0.717, 1.165) is 22.3 Å². The van der Waals surface area contributed by atoms with Crippen LogP contribution in [0.4, 0.5) is 0 Å². The molecule has 1 unspecified atom stereocenters. The summed E-state index contributed by atoms with van der Waals surface area (Å²) in [5.74, 6) is 1.60. The van der Waals surface area contributed by atoms with Crippen molar-refractivity contribution in [2.24, 2.45) is 5.73 Å². The van der Waals surface area contributed by atoms with Crippen LogP contribution in [0.15, 0.2) is 69.8 Å². The lowest BCUT2D eigenvalue weighted by Gasteiger charge is -2.04. The molecule has 0 saturated heterocycles. The molecular weight excluding hydrogens is 318 g/mol. The minimum absolute atomic E-state index is 0.231. The number of benzene rings is 2. The first-order valence-electron chi connectivity index (χ1n) is 8.00. The molecule has 1 atom stereocenters. The molecule has 4 rings (SSSR count). The second kappa shape index (κ2) is 6.78. The molecule has 6 nitrogen and oxygen atoms in total. The maximum atomic E-state index is 6.22. The molecule has 0 spiro atoms. The van der Waals surface area contributed by atoms with Gasteiger partial charge in [0.05, 0.1) is 12.3 Å². The van der Waals surface area contributed by atoms with Crippen LogP contribution in [0.25, 0.3) is 11.0 Å². The maximum absolute atomic E-state index is 6.22. The third kappa shape index (κ3) is 3.39. The standard InChI is InChI=1S/C19H17N3O3/c20-16(10-13-11-24-17-9-5-4-8-15(13)17)19-21-18(22-25-19)12-23-14-6-2-1-3-7-14/h1-9,11,16H,10,12,20H2. The molecule has 0 aliphatic heterocycles. The van der Waals surface area contributed by atoms with Crippen molar-refractivity contribution < 1.29 is 13.7 Å². The van der Waals surface area contributed by atoms with Crippen molar-refractivity contribution >= 4 is 11.0 Å². The zero-order valence-corrected chi connectivity index (χ0v) is 13.5. The minimum atomic E-state index is -0.404. The zero-order chi connectivity index (χ0) is 17.1.